The topological polar surface area (TPSA) is 60.2 Å². The molecule has 1 atom stereocenters. The molecule has 2 heterocycles. The highest BCUT2D eigenvalue weighted by Gasteiger charge is 2.35. The third kappa shape index (κ3) is 3.64. The second-order valence-electron chi connectivity index (χ2n) is 7.01. The Morgan fingerprint density at radius 3 is 2.87 bits per heavy atom. The summed E-state index contributed by atoms with van der Waals surface area (Å²) in [6.07, 6.45) is 4.70. The van der Waals surface area contributed by atoms with Crippen molar-refractivity contribution in [2.24, 2.45) is 11.8 Å². The summed E-state index contributed by atoms with van der Waals surface area (Å²) in [7, 11) is 0. The minimum Gasteiger partial charge on any atom is -0.354 e. The van der Waals surface area contributed by atoms with Crippen LogP contribution in [0.2, 0.25) is 0 Å². The standard InChI is InChI=1S/C18H24N4O/c1-13(2)16-12-21(17-9-15(10-19)5-7-20-17)8-6-18(23)22(16)11-14-3-4-14/h5,7,9,13-14,16H,3-4,6,8,11-12H2,1-2H3/t16-/m1/s1. The number of amides is 1. The highest BCUT2D eigenvalue weighted by molar-refractivity contribution is 5.78. The fourth-order valence-electron chi connectivity index (χ4n) is 3.23. The zero-order chi connectivity index (χ0) is 16.4. The van der Waals surface area contributed by atoms with Crippen LogP contribution in [0, 0.1) is 23.2 Å². The number of aromatic nitrogens is 1. The number of hydrogen-bond acceptors (Lipinski definition) is 4. The molecule has 5 nitrogen and oxygen atoms in total. The van der Waals surface area contributed by atoms with Gasteiger partial charge in [0.2, 0.25) is 5.91 Å². The zero-order valence-electron chi connectivity index (χ0n) is 13.9. The number of pyridine rings is 1. The fraction of sp³-hybridized carbons (Fsp3) is 0.611. The molecule has 1 saturated heterocycles. The van der Waals surface area contributed by atoms with Gasteiger partial charge in [0.25, 0.3) is 0 Å². The molecule has 23 heavy (non-hydrogen) atoms. The van der Waals surface area contributed by atoms with Crippen molar-refractivity contribution < 1.29 is 4.79 Å². The summed E-state index contributed by atoms with van der Waals surface area (Å²) < 4.78 is 0. The highest BCUT2D eigenvalue weighted by Crippen LogP contribution is 2.32. The zero-order valence-corrected chi connectivity index (χ0v) is 13.9. The molecule has 122 valence electrons. The molecule has 0 N–H and O–H groups in total. The number of rotatable bonds is 4. The lowest BCUT2D eigenvalue weighted by molar-refractivity contribution is -0.133. The number of nitrogens with zero attached hydrogens (tertiary/aromatic N) is 4. The van der Waals surface area contributed by atoms with Gasteiger partial charge in [-0.3, -0.25) is 4.79 Å². The van der Waals surface area contributed by atoms with Crippen LogP contribution in [0.1, 0.15) is 38.7 Å². The largest absolute Gasteiger partial charge is 0.354 e. The van der Waals surface area contributed by atoms with E-state index in [-0.39, 0.29) is 11.9 Å². The third-order valence-electron chi connectivity index (χ3n) is 4.84. The predicted octanol–water partition coefficient (Wildman–Crippen LogP) is 2.43. The number of carbonyl (C=O) groups is 1. The van der Waals surface area contributed by atoms with E-state index in [1.165, 1.54) is 12.8 Å². The van der Waals surface area contributed by atoms with E-state index in [0.29, 0.717) is 30.4 Å². The molecule has 3 rings (SSSR count). The Hall–Kier alpha value is -2.09. The smallest absolute Gasteiger partial charge is 0.224 e. The van der Waals surface area contributed by atoms with Crippen molar-refractivity contribution >= 4 is 11.7 Å². The Morgan fingerprint density at radius 1 is 1.43 bits per heavy atom. The van der Waals surface area contributed by atoms with Gasteiger partial charge in [-0.05, 0) is 36.8 Å². The van der Waals surface area contributed by atoms with Crippen molar-refractivity contribution in [1.29, 1.82) is 5.26 Å². The second kappa shape index (κ2) is 6.57. The number of anilines is 1. The van der Waals surface area contributed by atoms with Crippen LogP contribution >= 0.6 is 0 Å². The average molecular weight is 312 g/mol. The Balaban J connectivity index is 1.83. The summed E-state index contributed by atoms with van der Waals surface area (Å²) in [5, 5.41) is 9.09. The summed E-state index contributed by atoms with van der Waals surface area (Å²) in [4.78, 5) is 21.3. The fourth-order valence-corrected chi connectivity index (χ4v) is 3.23. The van der Waals surface area contributed by atoms with Crippen molar-refractivity contribution in [2.45, 2.75) is 39.2 Å². The van der Waals surface area contributed by atoms with Crippen LogP contribution in [0.15, 0.2) is 18.3 Å². The third-order valence-corrected chi connectivity index (χ3v) is 4.84. The van der Waals surface area contributed by atoms with Crippen LogP contribution in [0.25, 0.3) is 0 Å². The van der Waals surface area contributed by atoms with Crippen molar-refractivity contribution in [2.75, 3.05) is 24.5 Å². The van der Waals surface area contributed by atoms with E-state index in [1.54, 1.807) is 12.3 Å². The molecule has 0 spiro atoms. The first kappa shape index (κ1) is 15.8. The van der Waals surface area contributed by atoms with E-state index in [9.17, 15) is 4.79 Å². The predicted molar refractivity (Wildman–Crippen MR) is 88.8 cm³/mol. The first-order valence-corrected chi connectivity index (χ1v) is 8.49. The SMILES string of the molecule is CC(C)[C@H]1CN(c2cc(C#N)ccn2)CCC(=O)N1CC1CC1. The maximum Gasteiger partial charge on any atom is 0.224 e. The molecule has 0 aromatic carbocycles. The Labute approximate surface area is 137 Å². The first-order valence-electron chi connectivity index (χ1n) is 8.49. The van der Waals surface area contributed by atoms with Crippen molar-refractivity contribution in [3.8, 4) is 6.07 Å². The monoisotopic (exact) mass is 312 g/mol. The van der Waals surface area contributed by atoms with Gasteiger partial charge in [-0.15, -0.1) is 0 Å². The van der Waals surface area contributed by atoms with E-state index in [4.69, 9.17) is 5.26 Å². The maximum atomic E-state index is 12.6. The number of hydrogen-bond donors (Lipinski definition) is 0. The van der Waals surface area contributed by atoms with Crippen LogP contribution in [-0.4, -0.2) is 41.5 Å². The summed E-state index contributed by atoms with van der Waals surface area (Å²) in [6.45, 7) is 6.73. The van der Waals surface area contributed by atoms with Gasteiger partial charge >= 0.3 is 0 Å². The molecule has 1 amide bonds. The van der Waals surface area contributed by atoms with Crippen molar-refractivity contribution in [3.63, 3.8) is 0 Å². The first-order chi connectivity index (χ1) is 11.1. The maximum absolute atomic E-state index is 12.6. The molecule has 0 bridgehead atoms. The Bertz CT molecular complexity index is 618. The minimum atomic E-state index is 0.207. The van der Waals surface area contributed by atoms with Crippen molar-refractivity contribution in [3.05, 3.63) is 23.9 Å². The lowest BCUT2D eigenvalue weighted by Crippen LogP contribution is -2.47. The second-order valence-corrected chi connectivity index (χ2v) is 7.01. The van der Waals surface area contributed by atoms with Gasteiger partial charge in [-0.1, -0.05) is 13.8 Å². The lowest BCUT2D eigenvalue weighted by Gasteiger charge is -2.35. The van der Waals surface area contributed by atoms with Crippen molar-refractivity contribution in [1.82, 2.24) is 9.88 Å². The van der Waals surface area contributed by atoms with Crippen LogP contribution < -0.4 is 4.90 Å². The molecule has 1 aromatic rings. The molecule has 2 fully saturated rings. The molecule has 0 unspecified atom stereocenters. The molecule has 5 heteroatoms. The van der Waals surface area contributed by atoms with Gasteiger partial charge in [-0.2, -0.15) is 5.26 Å². The van der Waals surface area contributed by atoms with Crippen LogP contribution in [-0.2, 0) is 4.79 Å². The van der Waals surface area contributed by atoms with Gasteiger partial charge < -0.3 is 9.80 Å². The van der Waals surface area contributed by atoms with E-state index in [1.807, 2.05) is 6.07 Å². The number of carbonyl (C=O) groups excluding carboxylic acids is 1. The van der Waals surface area contributed by atoms with Crippen LogP contribution in [0.3, 0.4) is 0 Å². The summed E-state index contributed by atoms with van der Waals surface area (Å²) in [6, 6.07) is 5.90. The molecular formula is C18H24N4O. The lowest BCUT2D eigenvalue weighted by atomic mass is 10.0. The molecular weight excluding hydrogens is 288 g/mol. The summed E-state index contributed by atoms with van der Waals surface area (Å²) >= 11 is 0. The average Bonchev–Trinajstić information content (AvgIpc) is 3.37. The van der Waals surface area contributed by atoms with Crippen LogP contribution in [0.5, 0.6) is 0 Å². The van der Waals surface area contributed by atoms with E-state index in [0.717, 1.165) is 18.9 Å². The molecule has 1 aromatic heterocycles. The molecule has 1 saturated carbocycles. The summed E-state index contributed by atoms with van der Waals surface area (Å²) in [5.74, 6) is 2.16. The van der Waals surface area contributed by atoms with Gasteiger partial charge in [0, 0.05) is 32.3 Å². The highest BCUT2D eigenvalue weighted by atomic mass is 16.2. The molecule has 1 aliphatic heterocycles. The van der Waals surface area contributed by atoms with E-state index < -0.39 is 0 Å². The van der Waals surface area contributed by atoms with Gasteiger partial charge in [-0.25, -0.2) is 4.98 Å². The van der Waals surface area contributed by atoms with E-state index >= 15 is 0 Å². The number of nitriles is 1. The summed E-state index contributed by atoms with van der Waals surface area (Å²) in [5.41, 5.74) is 0.613. The molecule has 0 radical (unpaired) electrons. The molecule has 2 aliphatic rings. The van der Waals surface area contributed by atoms with Gasteiger partial charge in [0.05, 0.1) is 17.7 Å². The van der Waals surface area contributed by atoms with Crippen LogP contribution in [0.4, 0.5) is 5.82 Å². The van der Waals surface area contributed by atoms with E-state index in [2.05, 4.69) is 34.7 Å². The van der Waals surface area contributed by atoms with Gasteiger partial charge in [0.15, 0.2) is 0 Å². The minimum absolute atomic E-state index is 0.207. The Morgan fingerprint density at radius 2 is 2.22 bits per heavy atom. The van der Waals surface area contributed by atoms with Gasteiger partial charge in [0.1, 0.15) is 5.82 Å². The molecule has 1 aliphatic carbocycles. The Kier molecular flexibility index (Phi) is 4.51. The normalized spacial score (nSPS) is 22.2. The quantitative estimate of drug-likeness (QED) is 0.856.